The van der Waals surface area contributed by atoms with Crippen molar-refractivity contribution in [2.45, 2.75) is 24.7 Å². The monoisotopic (exact) mass is 293 g/mol. The summed E-state index contributed by atoms with van der Waals surface area (Å²) in [6, 6.07) is 7.99. The Morgan fingerprint density at radius 2 is 2.19 bits per heavy atom. The van der Waals surface area contributed by atoms with Crippen LogP contribution in [0.4, 0.5) is 9.18 Å². The van der Waals surface area contributed by atoms with E-state index >= 15 is 0 Å². The van der Waals surface area contributed by atoms with Crippen LogP contribution in [0.3, 0.4) is 0 Å². The molecule has 1 fully saturated rings. The molecule has 1 heterocycles. The molecule has 3 atom stereocenters. The molecule has 1 aromatic rings. The van der Waals surface area contributed by atoms with Crippen LogP contribution >= 0.6 is 0 Å². The molecule has 1 N–H and O–H groups in total. The van der Waals surface area contributed by atoms with Crippen LogP contribution in [0.15, 0.2) is 43.0 Å². The van der Waals surface area contributed by atoms with Crippen LogP contribution in [-0.4, -0.2) is 40.4 Å². The molecule has 0 aliphatic carbocycles. The molecule has 0 spiro atoms. The van der Waals surface area contributed by atoms with Gasteiger partial charge in [-0.2, -0.15) is 0 Å². The molecule has 0 radical (unpaired) electrons. The van der Waals surface area contributed by atoms with Gasteiger partial charge in [0.2, 0.25) is 5.67 Å². The molecule has 5 nitrogen and oxygen atoms in total. The first kappa shape index (κ1) is 15.2. The molecule has 2 amide bonds. The highest BCUT2D eigenvalue weighted by atomic mass is 19.1. The summed E-state index contributed by atoms with van der Waals surface area (Å²) in [5.41, 5.74) is -2.00. The minimum Gasteiger partial charge on any atom is -0.446 e. The third-order valence-electron chi connectivity index (χ3n) is 3.47. The smallest absolute Gasteiger partial charge is 0.417 e. The highest BCUT2D eigenvalue weighted by Crippen LogP contribution is 2.32. The maximum absolute atomic E-state index is 14.5. The lowest BCUT2D eigenvalue weighted by Crippen LogP contribution is -2.51. The number of hydrogen-bond acceptors (Lipinski definition) is 4. The summed E-state index contributed by atoms with van der Waals surface area (Å²) in [6.07, 6.45) is -1.72. The number of ether oxygens (including phenoxy) is 1. The highest BCUT2D eigenvalue weighted by molar-refractivity contribution is 5.98. The Morgan fingerprint density at radius 1 is 1.57 bits per heavy atom. The second-order valence-electron chi connectivity index (χ2n) is 4.93. The quantitative estimate of drug-likeness (QED) is 0.862. The lowest BCUT2D eigenvalue weighted by molar-refractivity contribution is -0.146. The van der Waals surface area contributed by atoms with E-state index in [1.54, 1.807) is 30.3 Å². The number of alkyl halides is 1. The zero-order chi connectivity index (χ0) is 15.6. The highest BCUT2D eigenvalue weighted by Gasteiger charge is 2.50. The Kier molecular flexibility index (Phi) is 4.09. The van der Waals surface area contributed by atoms with Crippen LogP contribution in [0.5, 0.6) is 0 Å². The van der Waals surface area contributed by atoms with E-state index < -0.39 is 29.8 Å². The summed E-state index contributed by atoms with van der Waals surface area (Å²) in [5.74, 6) is -1.15. The Bertz CT molecular complexity index is 558. The summed E-state index contributed by atoms with van der Waals surface area (Å²) in [4.78, 5) is 24.8. The van der Waals surface area contributed by atoms with Crippen LogP contribution in [0, 0.1) is 0 Å². The van der Waals surface area contributed by atoms with Crippen molar-refractivity contribution >= 4 is 12.0 Å². The molecular weight excluding hydrogens is 277 g/mol. The summed E-state index contributed by atoms with van der Waals surface area (Å²) in [7, 11) is 0. The molecule has 0 saturated carbocycles. The maximum Gasteiger partial charge on any atom is 0.417 e. The zero-order valence-electron chi connectivity index (χ0n) is 11.5. The molecule has 21 heavy (non-hydrogen) atoms. The van der Waals surface area contributed by atoms with Crippen molar-refractivity contribution in [3.05, 3.63) is 48.6 Å². The van der Waals surface area contributed by atoms with E-state index in [0.29, 0.717) is 10.5 Å². The molecule has 0 aromatic heterocycles. The SMILES string of the molecule is C=CC(O)C(C)(F)C(=O)N1C(=O)OC[C@H]1c1ccccc1. The second kappa shape index (κ2) is 5.65. The lowest BCUT2D eigenvalue weighted by atomic mass is 9.97. The van der Waals surface area contributed by atoms with Gasteiger partial charge in [0, 0.05) is 0 Å². The Hall–Kier alpha value is -2.21. The van der Waals surface area contributed by atoms with E-state index in [4.69, 9.17) is 4.74 Å². The first-order valence-electron chi connectivity index (χ1n) is 6.44. The number of rotatable bonds is 4. The van der Waals surface area contributed by atoms with Crippen molar-refractivity contribution in [2.24, 2.45) is 0 Å². The molecule has 1 saturated heterocycles. The van der Waals surface area contributed by atoms with E-state index in [0.717, 1.165) is 13.0 Å². The first-order valence-corrected chi connectivity index (χ1v) is 6.44. The predicted octanol–water partition coefficient (Wildman–Crippen LogP) is 1.98. The van der Waals surface area contributed by atoms with Crippen LogP contribution in [-0.2, 0) is 9.53 Å². The largest absolute Gasteiger partial charge is 0.446 e. The summed E-state index contributed by atoms with van der Waals surface area (Å²) in [5, 5.41) is 9.57. The second-order valence-corrected chi connectivity index (χ2v) is 4.93. The number of hydrogen-bond donors (Lipinski definition) is 1. The first-order chi connectivity index (χ1) is 9.89. The number of aliphatic hydroxyl groups excluding tert-OH is 1. The van der Waals surface area contributed by atoms with E-state index in [9.17, 15) is 19.1 Å². The fourth-order valence-corrected chi connectivity index (χ4v) is 2.15. The number of halogens is 1. The normalized spacial score (nSPS) is 22.3. The number of benzene rings is 1. The molecule has 6 heteroatoms. The molecule has 1 aliphatic heterocycles. The van der Waals surface area contributed by atoms with Gasteiger partial charge in [0.1, 0.15) is 18.8 Å². The van der Waals surface area contributed by atoms with E-state index in [2.05, 4.69) is 6.58 Å². The topological polar surface area (TPSA) is 66.8 Å². The van der Waals surface area contributed by atoms with Crippen LogP contribution < -0.4 is 0 Å². The van der Waals surface area contributed by atoms with Crippen LogP contribution in [0.1, 0.15) is 18.5 Å². The molecular formula is C15H16FNO4. The number of cyclic esters (lactones) is 1. The molecule has 1 aromatic carbocycles. The third-order valence-corrected chi connectivity index (χ3v) is 3.47. The van der Waals surface area contributed by atoms with Crippen molar-refractivity contribution < 1.29 is 23.8 Å². The van der Waals surface area contributed by atoms with Crippen molar-refractivity contribution in [3.63, 3.8) is 0 Å². The average Bonchev–Trinajstić information content (AvgIpc) is 2.87. The molecule has 0 bridgehead atoms. The molecule has 2 rings (SSSR count). The minimum atomic E-state index is -2.65. The van der Waals surface area contributed by atoms with Crippen molar-refractivity contribution in [1.29, 1.82) is 0 Å². The Balaban J connectivity index is 2.33. The molecule has 112 valence electrons. The van der Waals surface area contributed by atoms with Crippen LogP contribution in [0.2, 0.25) is 0 Å². The van der Waals surface area contributed by atoms with Gasteiger partial charge in [0.25, 0.3) is 5.91 Å². The number of aliphatic hydroxyl groups is 1. The summed E-state index contributed by atoms with van der Waals surface area (Å²) < 4.78 is 19.3. The fourth-order valence-electron chi connectivity index (χ4n) is 2.15. The van der Waals surface area contributed by atoms with E-state index in [-0.39, 0.29) is 6.61 Å². The number of carbonyl (C=O) groups is 2. The summed E-state index contributed by atoms with van der Waals surface area (Å²) >= 11 is 0. The van der Waals surface area contributed by atoms with Gasteiger partial charge in [-0.1, -0.05) is 36.4 Å². The standard InChI is InChI=1S/C15H16FNO4/c1-3-12(18)15(2,16)13(19)17-11(9-21-14(17)20)10-7-5-4-6-8-10/h3-8,11-12,18H,1,9H2,2H3/t11-,12?,15?/m0/s1. The van der Waals surface area contributed by atoms with Crippen molar-refractivity contribution in [3.8, 4) is 0 Å². The average molecular weight is 293 g/mol. The Morgan fingerprint density at radius 3 is 2.76 bits per heavy atom. The van der Waals surface area contributed by atoms with Crippen molar-refractivity contribution in [2.75, 3.05) is 6.61 Å². The van der Waals surface area contributed by atoms with Gasteiger partial charge in [-0.05, 0) is 12.5 Å². The number of amides is 2. The number of carbonyl (C=O) groups excluding carboxylic acids is 2. The predicted molar refractivity (Wildman–Crippen MR) is 73.1 cm³/mol. The van der Waals surface area contributed by atoms with Gasteiger partial charge >= 0.3 is 6.09 Å². The fraction of sp³-hybridized carbons (Fsp3) is 0.333. The number of nitrogens with zero attached hydrogens (tertiary/aromatic N) is 1. The van der Waals surface area contributed by atoms with Crippen LogP contribution in [0.25, 0.3) is 0 Å². The lowest BCUT2D eigenvalue weighted by Gasteiger charge is -2.29. The maximum atomic E-state index is 14.5. The van der Waals surface area contributed by atoms with Gasteiger partial charge in [-0.25, -0.2) is 14.1 Å². The molecule has 2 unspecified atom stereocenters. The third kappa shape index (κ3) is 2.67. The van der Waals surface area contributed by atoms with Gasteiger partial charge in [-0.15, -0.1) is 6.58 Å². The molecule has 1 aliphatic rings. The minimum absolute atomic E-state index is 0.0468. The van der Waals surface area contributed by atoms with E-state index in [1.165, 1.54) is 0 Å². The van der Waals surface area contributed by atoms with Crippen molar-refractivity contribution in [1.82, 2.24) is 4.90 Å². The van der Waals surface area contributed by atoms with Gasteiger partial charge in [-0.3, -0.25) is 4.79 Å². The number of imide groups is 1. The van der Waals surface area contributed by atoms with Gasteiger partial charge < -0.3 is 9.84 Å². The summed E-state index contributed by atoms with van der Waals surface area (Å²) in [6.45, 7) is 4.12. The Labute approximate surface area is 121 Å². The van der Waals surface area contributed by atoms with E-state index in [1.807, 2.05) is 0 Å². The zero-order valence-corrected chi connectivity index (χ0v) is 11.5. The van der Waals surface area contributed by atoms with Gasteiger partial charge in [0.15, 0.2) is 0 Å². The van der Waals surface area contributed by atoms with Gasteiger partial charge in [0.05, 0.1) is 0 Å².